The fourth-order valence-electron chi connectivity index (χ4n) is 6.35. The maximum atomic E-state index is 6.44. The van der Waals surface area contributed by atoms with Gasteiger partial charge in [0.05, 0.1) is 0 Å². The molecule has 10 rings (SSSR count). The SMILES string of the molecule is c1ccc(-c2nc(-c3ccc4c(c3)oc3cc5c(cc34)oc3ccccc35)nc(-c3ccc4sc5ccccc5c4c3)n2)cc1. The van der Waals surface area contributed by atoms with E-state index in [-0.39, 0.29) is 0 Å². The van der Waals surface area contributed by atoms with Gasteiger partial charge in [0.1, 0.15) is 22.3 Å². The molecule has 4 aromatic heterocycles. The van der Waals surface area contributed by atoms with Crippen LogP contribution in [0.4, 0.5) is 0 Å². The molecule has 6 heteroatoms. The van der Waals surface area contributed by atoms with Crippen LogP contribution in [-0.4, -0.2) is 15.0 Å². The van der Waals surface area contributed by atoms with Gasteiger partial charge in [0.25, 0.3) is 0 Å². The van der Waals surface area contributed by atoms with Gasteiger partial charge in [-0.1, -0.05) is 72.8 Å². The maximum Gasteiger partial charge on any atom is 0.164 e. The number of furan rings is 2. The van der Waals surface area contributed by atoms with Crippen LogP contribution in [0.25, 0.3) is 98.2 Å². The second-order valence-electron chi connectivity index (χ2n) is 11.2. The lowest BCUT2D eigenvalue weighted by Crippen LogP contribution is -2.00. The molecule has 0 amide bonds. The predicted octanol–water partition coefficient (Wildman–Crippen LogP) is 11.0. The summed E-state index contributed by atoms with van der Waals surface area (Å²) in [5.41, 5.74) is 6.06. The third kappa shape index (κ3) is 3.83. The van der Waals surface area contributed by atoms with Crippen molar-refractivity contribution in [2.24, 2.45) is 0 Å². The smallest absolute Gasteiger partial charge is 0.164 e. The number of fused-ring (bicyclic) bond motifs is 9. The van der Waals surface area contributed by atoms with Crippen LogP contribution in [0.5, 0.6) is 0 Å². The third-order valence-corrected chi connectivity index (χ3v) is 9.68. The van der Waals surface area contributed by atoms with E-state index in [0.29, 0.717) is 17.5 Å². The Morgan fingerprint density at radius 2 is 0.911 bits per heavy atom. The first-order valence-electron chi connectivity index (χ1n) is 14.8. The summed E-state index contributed by atoms with van der Waals surface area (Å²) >= 11 is 1.80. The van der Waals surface area contributed by atoms with Gasteiger partial charge in [0.2, 0.25) is 0 Å². The third-order valence-electron chi connectivity index (χ3n) is 8.53. The highest BCUT2D eigenvalue weighted by molar-refractivity contribution is 7.25. The highest BCUT2D eigenvalue weighted by Gasteiger charge is 2.17. The standard InChI is InChI=1S/C39H21N3O2S/c1-2-8-22(9-3-1)37-40-38(23-15-17-36-30(18-23)27-11-5-7-13-35(27)45-36)42-39(41-37)24-14-16-26-29-21-33-28(20-34(29)44-32(26)19-24)25-10-4-6-12-31(25)43-33/h1-21H. The number of benzene rings is 6. The number of thiophene rings is 1. The van der Waals surface area contributed by atoms with Gasteiger partial charge < -0.3 is 8.83 Å². The normalized spacial score (nSPS) is 12.0. The zero-order valence-electron chi connectivity index (χ0n) is 23.7. The summed E-state index contributed by atoms with van der Waals surface area (Å²) in [5.74, 6) is 1.85. The van der Waals surface area contributed by atoms with Crippen LogP contribution in [-0.2, 0) is 0 Å². The van der Waals surface area contributed by atoms with E-state index in [0.717, 1.165) is 60.6 Å². The molecule has 0 aliphatic heterocycles. The van der Waals surface area contributed by atoms with Gasteiger partial charge in [-0.15, -0.1) is 11.3 Å². The van der Waals surface area contributed by atoms with Crippen molar-refractivity contribution in [1.29, 1.82) is 0 Å². The van der Waals surface area contributed by atoms with Gasteiger partial charge in [-0.25, -0.2) is 15.0 Å². The van der Waals surface area contributed by atoms with Crippen molar-refractivity contribution < 1.29 is 8.83 Å². The minimum Gasteiger partial charge on any atom is -0.456 e. The van der Waals surface area contributed by atoms with Gasteiger partial charge >= 0.3 is 0 Å². The first-order valence-corrected chi connectivity index (χ1v) is 15.6. The van der Waals surface area contributed by atoms with Crippen LogP contribution in [0.2, 0.25) is 0 Å². The molecule has 210 valence electrons. The lowest BCUT2D eigenvalue weighted by molar-refractivity contribution is 0.664. The van der Waals surface area contributed by atoms with Crippen molar-refractivity contribution in [3.05, 3.63) is 127 Å². The van der Waals surface area contributed by atoms with E-state index in [2.05, 4.69) is 72.8 Å². The fraction of sp³-hybridized carbons (Fsp3) is 0. The molecule has 45 heavy (non-hydrogen) atoms. The van der Waals surface area contributed by atoms with Crippen LogP contribution in [0.3, 0.4) is 0 Å². The van der Waals surface area contributed by atoms with Crippen molar-refractivity contribution in [2.45, 2.75) is 0 Å². The highest BCUT2D eigenvalue weighted by atomic mass is 32.1. The molecule has 0 aliphatic rings. The van der Waals surface area contributed by atoms with Crippen molar-refractivity contribution >= 4 is 75.4 Å². The van der Waals surface area contributed by atoms with E-state index in [9.17, 15) is 0 Å². The molecule has 0 unspecified atom stereocenters. The highest BCUT2D eigenvalue weighted by Crippen LogP contribution is 2.39. The number of aromatic nitrogens is 3. The Morgan fingerprint density at radius 3 is 1.71 bits per heavy atom. The van der Waals surface area contributed by atoms with Crippen molar-refractivity contribution in [1.82, 2.24) is 15.0 Å². The maximum absolute atomic E-state index is 6.44. The first kappa shape index (κ1) is 24.6. The topological polar surface area (TPSA) is 65.0 Å². The summed E-state index contributed by atoms with van der Waals surface area (Å²) < 4.78 is 15.1. The zero-order chi connectivity index (χ0) is 29.5. The number of hydrogen-bond acceptors (Lipinski definition) is 6. The van der Waals surface area contributed by atoms with E-state index < -0.39 is 0 Å². The Bertz CT molecular complexity index is 2770. The number of hydrogen-bond donors (Lipinski definition) is 0. The van der Waals surface area contributed by atoms with Gasteiger partial charge in [-0.3, -0.25) is 0 Å². The molecule has 0 aliphatic carbocycles. The summed E-state index contributed by atoms with van der Waals surface area (Å²) in [6, 6.07) is 43.5. The minimum atomic E-state index is 0.594. The quantitative estimate of drug-likeness (QED) is 0.203. The molecule has 0 N–H and O–H groups in total. The summed E-state index contributed by atoms with van der Waals surface area (Å²) in [6.45, 7) is 0. The van der Waals surface area contributed by atoms with Gasteiger partial charge in [-0.05, 0) is 54.6 Å². The van der Waals surface area contributed by atoms with Crippen LogP contribution < -0.4 is 0 Å². The molecule has 0 saturated heterocycles. The summed E-state index contributed by atoms with van der Waals surface area (Å²) in [5, 5.41) is 6.60. The van der Waals surface area contributed by atoms with E-state index in [1.54, 1.807) is 11.3 Å². The van der Waals surface area contributed by atoms with E-state index >= 15 is 0 Å². The van der Waals surface area contributed by atoms with Crippen LogP contribution >= 0.6 is 11.3 Å². The van der Waals surface area contributed by atoms with E-state index in [1.165, 1.54) is 20.2 Å². The fourth-order valence-corrected chi connectivity index (χ4v) is 7.44. The minimum absolute atomic E-state index is 0.594. The molecule has 0 bridgehead atoms. The molecule has 6 aromatic carbocycles. The Morgan fingerprint density at radius 1 is 0.356 bits per heavy atom. The number of rotatable bonds is 3. The number of para-hydroxylation sites is 1. The summed E-state index contributed by atoms with van der Waals surface area (Å²) in [4.78, 5) is 14.9. The van der Waals surface area contributed by atoms with Gasteiger partial charge in [-0.2, -0.15) is 0 Å². The average molecular weight is 596 g/mol. The van der Waals surface area contributed by atoms with Crippen LogP contribution in [0.15, 0.2) is 136 Å². The van der Waals surface area contributed by atoms with Gasteiger partial charge in [0, 0.05) is 58.4 Å². The van der Waals surface area contributed by atoms with E-state index in [1.807, 2.05) is 54.6 Å². The Balaban J connectivity index is 1.15. The van der Waals surface area contributed by atoms with Gasteiger partial charge in [0.15, 0.2) is 17.5 Å². The monoisotopic (exact) mass is 595 g/mol. The molecule has 10 aromatic rings. The second-order valence-corrected chi connectivity index (χ2v) is 12.3. The molecule has 0 radical (unpaired) electrons. The molecular weight excluding hydrogens is 575 g/mol. The predicted molar refractivity (Wildman–Crippen MR) is 184 cm³/mol. The van der Waals surface area contributed by atoms with Crippen LogP contribution in [0.1, 0.15) is 0 Å². The van der Waals surface area contributed by atoms with Crippen molar-refractivity contribution in [2.75, 3.05) is 0 Å². The Hall–Kier alpha value is -5.85. The summed E-state index contributed by atoms with van der Waals surface area (Å²) in [6.07, 6.45) is 0. The zero-order valence-corrected chi connectivity index (χ0v) is 24.5. The Kier molecular flexibility index (Phi) is 5.09. The van der Waals surface area contributed by atoms with E-state index in [4.69, 9.17) is 23.8 Å². The Labute approximate surface area is 260 Å². The average Bonchev–Trinajstić information content (AvgIpc) is 3.77. The first-order chi connectivity index (χ1) is 22.2. The summed E-state index contributed by atoms with van der Waals surface area (Å²) in [7, 11) is 0. The molecule has 4 heterocycles. The van der Waals surface area contributed by atoms with Crippen molar-refractivity contribution in [3.63, 3.8) is 0 Å². The molecular formula is C39H21N3O2S. The molecule has 5 nitrogen and oxygen atoms in total. The van der Waals surface area contributed by atoms with Crippen molar-refractivity contribution in [3.8, 4) is 34.2 Å². The largest absolute Gasteiger partial charge is 0.456 e. The number of nitrogens with zero attached hydrogens (tertiary/aromatic N) is 3. The lowest BCUT2D eigenvalue weighted by atomic mass is 10.1. The van der Waals surface area contributed by atoms with Crippen LogP contribution in [0, 0.1) is 0 Å². The lowest BCUT2D eigenvalue weighted by Gasteiger charge is -2.08. The molecule has 0 atom stereocenters. The molecule has 0 spiro atoms. The molecule has 0 saturated carbocycles. The molecule has 0 fully saturated rings. The second kappa shape index (κ2) is 9.32.